The maximum absolute atomic E-state index is 13.8. The number of carbonyl (C=O) groups excluding carboxylic acids is 1. The molecule has 0 saturated carbocycles. The van der Waals surface area contributed by atoms with Crippen LogP contribution in [-0.4, -0.2) is 17.5 Å². The van der Waals surface area contributed by atoms with Gasteiger partial charge in [-0.05, 0) is 49.1 Å². The van der Waals surface area contributed by atoms with Crippen LogP contribution in [-0.2, 0) is 6.18 Å². The highest BCUT2D eigenvalue weighted by Crippen LogP contribution is 2.34. The van der Waals surface area contributed by atoms with E-state index in [1.807, 2.05) is 0 Å². The Kier molecular flexibility index (Phi) is 5.34. The van der Waals surface area contributed by atoms with Gasteiger partial charge in [0, 0.05) is 12.6 Å². The molecule has 0 spiro atoms. The summed E-state index contributed by atoms with van der Waals surface area (Å²) in [6.07, 6.45) is -2.29. The topological polar surface area (TPSA) is 32.3 Å². The number of hydrogen-bond donors (Lipinski definition) is 1. The van der Waals surface area contributed by atoms with Crippen molar-refractivity contribution >= 4 is 11.7 Å². The highest BCUT2D eigenvalue weighted by atomic mass is 19.4. The minimum absolute atomic E-state index is 0.154. The number of piperidine rings is 1. The van der Waals surface area contributed by atoms with Crippen LogP contribution >= 0.6 is 0 Å². The van der Waals surface area contributed by atoms with Crippen molar-refractivity contribution in [3.63, 3.8) is 0 Å². The number of nitrogens with zero attached hydrogens (tertiary/aromatic N) is 1. The maximum Gasteiger partial charge on any atom is 0.416 e. The summed E-state index contributed by atoms with van der Waals surface area (Å²) in [5, 5.41) is 2.41. The Balaban J connectivity index is 1.79. The molecule has 2 aromatic rings. The van der Waals surface area contributed by atoms with Crippen molar-refractivity contribution < 1.29 is 26.7 Å². The fourth-order valence-corrected chi connectivity index (χ4v) is 3.19. The number of hydrogen-bond acceptors (Lipinski definition) is 1. The molecule has 1 heterocycles. The fraction of sp³-hybridized carbons (Fsp3) is 0.316. The van der Waals surface area contributed by atoms with E-state index in [1.54, 1.807) is 0 Å². The Morgan fingerprint density at radius 3 is 2.37 bits per heavy atom. The minimum atomic E-state index is -4.43. The highest BCUT2D eigenvalue weighted by Gasteiger charge is 2.32. The maximum atomic E-state index is 13.8. The molecular formula is C19H17F5N2O. The predicted octanol–water partition coefficient (Wildman–Crippen LogP) is 5.74. The molecule has 0 aliphatic carbocycles. The Labute approximate surface area is 152 Å². The molecule has 1 atom stereocenters. The summed E-state index contributed by atoms with van der Waals surface area (Å²) < 4.78 is 65.0. The van der Waals surface area contributed by atoms with Crippen molar-refractivity contribution in [1.82, 2.24) is 4.90 Å². The zero-order valence-corrected chi connectivity index (χ0v) is 14.2. The van der Waals surface area contributed by atoms with Gasteiger partial charge in [-0.1, -0.05) is 12.1 Å². The molecule has 27 heavy (non-hydrogen) atoms. The molecule has 0 radical (unpaired) electrons. The van der Waals surface area contributed by atoms with E-state index in [9.17, 15) is 26.7 Å². The summed E-state index contributed by atoms with van der Waals surface area (Å²) in [6.45, 7) is 0.389. The average molecular weight is 384 g/mol. The number of halogens is 5. The van der Waals surface area contributed by atoms with Gasteiger partial charge < -0.3 is 10.2 Å². The molecular weight excluding hydrogens is 367 g/mol. The van der Waals surface area contributed by atoms with Crippen molar-refractivity contribution in [2.24, 2.45) is 0 Å². The summed E-state index contributed by atoms with van der Waals surface area (Å²) in [5.41, 5.74) is -0.331. The molecule has 3 nitrogen and oxygen atoms in total. The van der Waals surface area contributed by atoms with Crippen LogP contribution in [0.15, 0.2) is 42.5 Å². The van der Waals surface area contributed by atoms with Crippen LogP contribution < -0.4 is 5.32 Å². The lowest BCUT2D eigenvalue weighted by atomic mass is 9.95. The third kappa shape index (κ3) is 4.37. The number of likely N-dealkylation sites (tertiary alicyclic amines) is 1. The van der Waals surface area contributed by atoms with Gasteiger partial charge in [0.05, 0.1) is 17.3 Å². The zero-order chi connectivity index (χ0) is 19.6. The van der Waals surface area contributed by atoms with E-state index in [0.717, 1.165) is 37.1 Å². The largest absolute Gasteiger partial charge is 0.416 e. The van der Waals surface area contributed by atoms with Crippen molar-refractivity contribution in [1.29, 1.82) is 0 Å². The average Bonchev–Trinajstić information content (AvgIpc) is 2.63. The number of rotatable bonds is 2. The highest BCUT2D eigenvalue weighted by molar-refractivity contribution is 5.89. The van der Waals surface area contributed by atoms with Gasteiger partial charge in [-0.3, -0.25) is 0 Å². The van der Waals surface area contributed by atoms with Gasteiger partial charge in [-0.2, -0.15) is 13.2 Å². The van der Waals surface area contributed by atoms with E-state index in [-0.39, 0.29) is 5.69 Å². The summed E-state index contributed by atoms with van der Waals surface area (Å²) in [7, 11) is 0. The summed E-state index contributed by atoms with van der Waals surface area (Å²) in [6, 6.07) is 6.52. The van der Waals surface area contributed by atoms with E-state index >= 15 is 0 Å². The third-order valence-electron chi connectivity index (χ3n) is 4.56. The number of amides is 2. The molecule has 1 aliphatic heterocycles. The Bertz CT molecular complexity index is 820. The Morgan fingerprint density at radius 2 is 1.74 bits per heavy atom. The lowest BCUT2D eigenvalue weighted by Crippen LogP contribution is -2.41. The van der Waals surface area contributed by atoms with Gasteiger partial charge in [0.1, 0.15) is 11.6 Å². The zero-order valence-electron chi connectivity index (χ0n) is 14.2. The van der Waals surface area contributed by atoms with Gasteiger partial charge in [0.15, 0.2) is 0 Å². The molecule has 8 heteroatoms. The smallest absolute Gasteiger partial charge is 0.317 e. The van der Waals surface area contributed by atoms with Crippen molar-refractivity contribution in [3.8, 4) is 0 Å². The number of nitrogens with one attached hydrogen (secondary N) is 1. The lowest BCUT2D eigenvalue weighted by Gasteiger charge is -2.36. The van der Waals surface area contributed by atoms with E-state index < -0.39 is 35.4 Å². The molecule has 1 N–H and O–H groups in total. The van der Waals surface area contributed by atoms with Crippen molar-refractivity contribution in [2.45, 2.75) is 31.5 Å². The van der Waals surface area contributed by atoms with Crippen LogP contribution in [0.3, 0.4) is 0 Å². The molecule has 1 fully saturated rings. The molecule has 0 aromatic heterocycles. The van der Waals surface area contributed by atoms with Crippen LogP contribution in [0.5, 0.6) is 0 Å². The van der Waals surface area contributed by atoms with E-state index in [2.05, 4.69) is 5.32 Å². The number of urea groups is 1. The summed E-state index contributed by atoms with van der Waals surface area (Å²) in [4.78, 5) is 14.1. The monoisotopic (exact) mass is 384 g/mol. The van der Waals surface area contributed by atoms with Gasteiger partial charge >= 0.3 is 12.2 Å². The fourth-order valence-electron chi connectivity index (χ4n) is 3.19. The quantitative estimate of drug-likeness (QED) is 0.658. The second-order valence-electron chi connectivity index (χ2n) is 6.38. The van der Waals surface area contributed by atoms with Gasteiger partial charge in [-0.25, -0.2) is 13.6 Å². The molecule has 1 saturated heterocycles. The number of carbonyl (C=O) groups is 1. The van der Waals surface area contributed by atoms with Gasteiger partial charge in [0.2, 0.25) is 0 Å². The SMILES string of the molecule is O=C(Nc1ccc(F)cc1F)N1CCCC[C@@H]1c1ccc(C(F)(F)F)cc1. The normalized spacial score (nSPS) is 17.7. The second kappa shape index (κ2) is 7.54. The second-order valence-corrected chi connectivity index (χ2v) is 6.38. The van der Waals surface area contributed by atoms with E-state index in [0.29, 0.717) is 24.6 Å². The molecule has 0 bridgehead atoms. The first-order valence-corrected chi connectivity index (χ1v) is 8.45. The number of alkyl halides is 3. The van der Waals surface area contributed by atoms with E-state index in [4.69, 9.17) is 0 Å². The molecule has 1 aliphatic rings. The van der Waals surface area contributed by atoms with Crippen molar-refractivity contribution in [2.75, 3.05) is 11.9 Å². The number of anilines is 1. The lowest BCUT2D eigenvalue weighted by molar-refractivity contribution is -0.137. The van der Waals surface area contributed by atoms with Crippen LogP contribution in [0.25, 0.3) is 0 Å². The van der Waals surface area contributed by atoms with Crippen LogP contribution in [0, 0.1) is 11.6 Å². The molecule has 2 amide bonds. The summed E-state index contributed by atoms with van der Waals surface area (Å²) >= 11 is 0. The molecule has 0 unspecified atom stereocenters. The Hall–Kier alpha value is -2.64. The Morgan fingerprint density at radius 1 is 1.04 bits per heavy atom. The first kappa shape index (κ1) is 19.1. The van der Waals surface area contributed by atoms with Gasteiger partial charge in [0.25, 0.3) is 0 Å². The van der Waals surface area contributed by atoms with Crippen LogP contribution in [0.1, 0.15) is 36.4 Å². The van der Waals surface area contributed by atoms with Crippen molar-refractivity contribution in [3.05, 3.63) is 65.2 Å². The van der Waals surface area contributed by atoms with E-state index in [1.165, 1.54) is 17.0 Å². The molecule has 3 rings (SSSR count). The minimum Gasteiger partial charge on any atom is -0.317 e. The standard InChI is InChI=1S/C19H17F5N2O/c20-14-8-9-16(15(21)11-14)25-18(27)26-10-2-1-3-17(26)12-4-6-13(7-5-12)19(22,23)24/h4-9,11,17H,1-3,10H2,(H,25,27)/t17-/m1/s1. The molecule has 2 aromatic carbocycles. The third-order valence-corrected chi connectivity index (χ3v) is 4.56. The van der Waals surface area contributed by atoms with Crippen LogP contribution in [0.4, 0.5) is 32.4 Å². The molecule has 144 valence electrons. The van der Waals surface area contributed by atoms with Crippen LogP contribution in [0.2, 0.25) is 0 Å². The number of benzene rings is 2. The predicted molar refractivity (Wildman–Crippen MR) is 90.1 cm³/mol. The first-order chi connectivity index (χ1) is 12.8. The summed E-state index contributed by atoms with van der Waals surface area (Å²) in [5.74, 6) is -1.66. The van der Waals surface area contributed by atoms with Gasteiger partial charge in [-0.15, -0.1) is 0 Å². The first-order valence-electron chi connectivity index (χ1n) is 8.45.